The van der Waals surface area contributed by atoms with Crippen LogP contribution in [0.1, 0.15) is 35.7 Å². The van der Waals surface area contributed by atoms with Crippen LogP contribution < -0.4 is 9.80 Å². The largest absolute Gasteiger partial charge is 0.354 e. The summed E-state index contributed by atoms with van der Waals surface area (Å²) in [5, 5.41) is 3.44. The quantitative estimate of drug-likeness (QED) is 0.653. The molecule has 3 nitrogen and oxygen atoms in total. The Morgan fingerprint density at radius 2 is 1.81 bits per heavy atom. The molecule has 2 aromatic carbocycles. The second-order valence-electron chi connectivity index (χ2n) is 8.07. The second kappa shape index (κ2) is 6.70. The molecule has 1 amide bonds. The lowest BCUT2D eigenvalue weighted by molar-refractivity contribution is 0.0750. The molecule has 4 heteroatoms. The SMILES string of the molecule is C=C(C)C[N+]1(C(=O)c2ccccc2F)CC2(CCNCC2)c2ccccc21. The summed E-state index contributed by atoms with van der Waals surface area (Å²) in [5.41, 5.74) is 3.31. The number of carbonyl (C=O) groups excluding carboxylic acids is 1. The normalized spacial score (nSPS) is 23.2. The molecule has 0 aliphatic carbocycles. The maximum Gasteiger partial charge on any atom is 0.354 e. The average molecular weight is 365 g/mol. The van der Waals surface area contributed by atoms with Gasteiger partial charge in [-0.1, -0.05) is 36.9 Å². The number of hydrogen-bond acceptors (Lipinski definition) is 2. The molecule has 140 valence electrons. The van der Waals surface area contributed by atoms with E-state index in [0.29, 0.717) is 13.1 Å². The summed E-state index contributed by atoms with van der Waals surface area (Å²) < 4.78 is 14.7. The van der Waals surface area contributed by atoms with Crippen molar-refractivity contribution in [2.45, 2.75) is 25.2 Å². The molecule has 1 unspecified atom stereocenters. The Bertz CT molecular complexity index is 901. The van der Waals surface area contributed by atoms with Gasteiger partial charge in [-0.15, -0.1) is 0 Å². The fourth-order valence-corrected chi connectivity index (χ4v) is 5.04. The number of amides is 1. The lowest BCUT2D eigenvalue weighted by Gasteiger charge is -2.37. The third kappa shape index (κ3) is 2.84. The number of quaternary nitrogens is 1. The molecule has 1 atom stereocenters. The summed E-state index contributed by atoms with van der Waals surface area (Å²) in [7, 11) is 0. The first-order valence-corrected chi connectivity index (χ1v) is 9.60. The number of halogens is 1. The highest BCUT2D eigenvalue weighted by Crippen LogP contribution is 2.50. The predicted molar refractivity (Wildman–Crippen MR) is 107 cm³/mol. The van der Waals surface area contributed by atoms with E-state index < -0.39 is 5.82 Å². The Labute approximate surface area is 160 Å². The highest BCUT2D eigenvalue weighted by atomic mass is 19.1. The van der Waals surface area contributed by atoms with Gasteiger partial charge in [-0.25, -0.2) is 13.7 Å². The number of hydrogen-bond donors (Lipinski definition) is 1. The molecule has 4 rings (SSSR count). The minimum Gasteiger partial charge on any atom is -0.317 e. The van der Waals surface area contributed by atoms with Crippen molar-refractivity contribution in [1.29, 1.82) is 0 Å². The van der Waals surface area contributed by atoms with Gasteiger partial charge in [0.15, 0.2) is 0 Å². The predicted octanol–water partition coefficient (Wildman–Crippen LogP) is 4.18. The molecule has 2 aliphatic heterocycles. The zero-order valence-electron chi connectivity index (χ0n) is 15.8. The number of para-hydroxylation sites is 1. The highest BCUT2D eigenvalue weighted by molar-refractivity contribution is 6.04. The van der Waals surface area contributed by atoms with E-state index in [1.54, 1.807) is 18.2 Å². The molecule has 0 aromatic heterocycles. The highest BCUT2D eigenvalue weighted by Gasteiger charge is 2.57. The van der Waals surface area contributed by atoms with Crippen LogP contribution in [0.15, 0.2) is 60.7 Å². The molecule has 0 bridgehead atoms. The first kappa shape index (κ1) is 18.1. The first-order chi connectivity index (χ1) is 13.0. The van der Waals surface area contributed by atoms with Crippen LogP contribution in [0.2, 0.25) is 0 Å². The number of carbonyl (C=O) groups is 1. The van der Waals surface area contributed by atoms with Gasteiger partial charge in [-0.2, -0.15) is 0 Å². The Morgan fingerprint density at radius 3 is 2.52 bits per heavy atom. The van der Waals surface area contributed by atoms with Crippen molar-refractivity contribution >= 4 is 11.6 Å². The lowest BCUT2D eigenvalue weighted by atomic mass is 9.75. The van der Waals surface area contributed by atoms with Crippen LogP contribution >= 0.6 is 0 Å². The van der Waals surface area contributed by atoms with E-state index in [0.717, 1.165) is 37.2 Å². The van der Waals surface area contributed by atoms with Crippen LogP contribution in [-0.2, 0) is 5.41 Å². The van der Waals surface area contributed by atoms with Gasteiger partial charge in [-0.3, -0.25) is 0 Å². The summed E-state index contributed by atoms with van der Waals surface area (Å²) in [4.78, 5) is 13.8. The molecule has 1 spiro atoms. The fourth-order valence-electron chi connectivity index (χ4n) is 5.04. The number of rotatable bonds is 3. The van der Waals surface area contributed by atoms with Gasteiger partial charge >= 0.3 is 5.91 Å². The summed E-state index contributed by atoms with van der Waals surface area (Å²) >= 11 is 0. The third-order valence-electron chi connectivity index (χ3n) is 6.10. The van der Waals surface area contributed by atoms with Gasteiger partial charge in [0, 0.05) is 5.56 Å². The van der Waals surface area contributed by atoms with Crippen LogP contribution in [0.25, 0.3) is 0 Å². The van der Waals surface area contributed by atoms with Crippen molar-refractivity contribution in [3.05, 3.63) is 77.6 Å². The first-order valence-electron chi connectivity index (χ1n) is 9.60. The second-order valence-corrected chi connectivity index (χ2v) is 8.07. The Kier molecular flexibility index (Phi) is 4.49. The van der Waals surface area contributed by atoms with E-state index in [9.17, 15) is 9.18 Å². The fraction of sp³-hybridized carbons (Fsp3) is 0.348. The summed E-state index contributed by atoms with van der Waals surface area (Å²) in [6.07, 6.45) is 1.98. The zero-order valence-corrected chi connectivity index (χ0v) is 15.8. The molecule has 0 saturated carbocycles. The number of piperidine rings is 1. The number of nitrogens with one attached hydrogen (secondary N) is 1. The van der Waals surface area contributed by atoms with Crippen molar-refractivity contribution in [3.8, 4) is 0 Å². The van der Waals surface area contributed by atoms with Gasteiger partial charge in [0.25, 0.3) is 0 Å². The molecule has 2 aromatic rings. The van der Waals surface area contributed by atoms with Gasteiger partial charge in [0.2, 0.25) is 0 Å². The van der Waals surface area contributed by atoms with Crippen molar-refractivity contribution < 1.29 is 9.18 Å². The van der Waals surface area contributed by atoms with E-state index in [2.05, 4.69) is 24.0 Å². The van der Waals surface area contributed by atoms with E-state index >= 15 is 0 Å². The van der Waals surface area contributed by atoms with Gasteiger partial charge in [-0.05, 0) is 56.6 Å². The minimum absolute atomic E-state index is 0.0434. The van der Waals surface area contributed by atoms with Crippen LogP contribution in [0.4, 0.5) is 10.1 Å². The minimum atomic E-state index is -0.453. The topological polar surface area (TPSA) is 29.1 Å². The van der Waals surface area contributed by atoms with Gasteiger partial charge in [0.05, 0.1) is 5.41 Å². The maximum atomic E-state index is 14.5. The van der Waals surface area contributed by atoms with Crippen molar-refractivity contribution in [1.82, 2.24) is 9.80 Å². The van der Waals surface area contributed by atoms with Crippen LogP contribution in [0.5, 0.6) is 0 Å². The van der Waals surface area contributed by atoms with E-state index in [1.165, 1.54) is 11.6 Å². The van der Waals surface area contributed by atoms with Gasteiger partial charge in [0.1, 0.15) is 30.2 Å². The Morgan fingerprint density at radius 1 is 1.15 bits per heavy atom. The smallest absolute Gasteiger partial charge is 0.317 e. The molecule has 0 radical (unpaired) electrons. The number of nitrogens with zero attached hydrogens (tertiary/aromatic N) is 1. The summed E-state index contributed by atoms with van der Waals surface area (Å²) in [6, 6.07) is 14.6. The van der Waals surface area contributed by atoms with E-state index in [-0.39, 0.29) is 21.4 Å². The Balaban J connectivity index is 1.91. The van der Waals surface area contributed by atoms with Crippen molar-refractivity contribution in [2.24, 2.45) is 0 Å². The van der Waals surface area contributed by atoms with Crippen LogP contribution in [0.3, 0.4) is 0 Å². The standard InChI is InChI=1S/C23H26FN2O/c1-17(2)15-26(22(27)18-7-3-5-9-20(18)24)16-23(11-13-25-14-12-23)19-8-4-6-10-21(19)26/h3-10,25H,1,11-16H2,2H3/q+1. The van der Waals surface area contributed by atoms with Crippen molar-refractivity contribution in [2.75, 3.05) is 26.2 Å². The Hall–Kier alpha value is -2.30. The zero-order chi connectivity index (χ0) is 19.1. The molecule has 27 heavy (non-hydrogen) atoms. The monoisotopic (exact) mass is 365 g/mol. The molecule has 1 fully saturated rings. The number of benzene rings is 2. The summed E-state index contributed by atoms with van der Waals surface area (Å²) in [5.74, 6) is -0.621. The lowest BCUT2D eigenvalue weighted by Crippen LogP contribution is -2.58. The molecule has 2 aliphatic rings. The third-order valence-corrected chi connectivity index (χ3v) is 6.10. The van der Waals surface area contributed by atoms with Crippen molar-refractivity contribution in [3.63, 3.8) is 0 Å². The van der Waals surface area contributed by atoms with E-state index in [1.807, 2.05) is 19.1 Å². The maximum absolute atomic E-state index is 14.5. The number of fused-ring (bicyclic) bond motifs is 2. The van der Waals surface area contributed by atoms with E-state index in [4.69, 9.17) is 0 Å². The molecule has 1 N–H and O–H groups in total. The summed E-state index contributed by atoms with van der Waals surface area (Å²) in [6.45, 7) is 9.10. The molecule has 2 heterocycles. The van der Waals surface area contributed by atoms with Gasteiger partial charge < -0.3 is 5.32 Å². The van der Waals surface area contributed by atoms with Crippen LogP contribution in [-0.4, -0.2) is 32.1 Å². The molecular weight excluding hydrogens is 339 g/mol. The average Bonchev–Trinajstić information content (AvgIpc) is 2.92. The molecule has 1 saturated heterocycles. The molecular formula is C23H26FN2O+. The van der Waals surface area contributed by atoms with Crippen LogP contribution in [0, 0.1) is 5.82 Å².